The second-order valence-electron chi connectivity index (χ2n) is 6.72. The van der Waals surface area contributed by atoms with E-state index in [1.54, 1.807) is 48.5 Å². The van der Waals surface area contributed by atoms with Crippen LogP contribution in [-0.4, -0.2) is 37.5 Å². The lowest BCUT2D eigenvalue weighted by molar-refractivity contribution is -0.122. The van der Waals surface area contributed by atoms with Crippen molar-refractivity contribution in [1.82, 2.24) is 10.9 Å². The zero-order valence-corrected chi connectivity index (χ0v) is 15.9. The monoisotopic (exact) mass is 400 g/mol. The van der Waals surface area contributed by atoms with Gasteiger partial charge in [-0.05, 0) is 18.4 Å². The molecule has 0 saturated carbocycles. The fourth-order valence-corrected chi connectivity index (χ4v) is 5.03. The zero-order chi connectivity index (χ0) is 20.1. The molecule has 28 heavy (non-hydrogen) atoms. The van der Waals surface area contributed by atoms with Crippen molar-refractivity contribution in [2.45, 2.75) is 12.8 Å². The Labute approximate surface area is 163 Å². The smallest absolute Gasteiger partial charge is 0.270 e. The minimum absolute atomic E-state index is 0.0111. The van der Waals surface area contributed by atoms with Crippen molar-refractivity contribution in [3.8, 4) is 0 Å². The molecule has 1 atom stereocenters. The van der Waals surface area contributed by atoms with Gasteiger partial charge in [0.1, 0.15) is 0 Å². The summed E-state index contributed by atoms with van der Waals surface area (Å²) in [6.45, 7) is 0. The SMILES string of the molecule is O=C(C[C@@H]1CCS(=O)(=O)C1)NNC(=O)c1ccccc1C(=O)c1ccccc1. The van der Waals surface area contributed by atoms with Crippen LogP contribution in [-0.2, 0) is 14.6 Å². The van der Waals surface area contributed by atoms with E-state index in [1.165, 1.54) is 6.07 Å². The van der Waals surface area contributed by atoms with Crippen molar-refractivity contribution in [1.29, 1.82) is 0 Å². The highest BCUT2D eigenvalue weighted by molar-refractivity contribution is 7.91. The average Bonchev–Trinajstić information content (AvgIpc) is 3.04. The molecule has 2 amide bonds. The van der Waals surface area contributed by atoms with Crippen LogP contribution in [0.1, 0.15) is 39.1 Å². The summed E-state index contributed by atoms with van der Waals surface area (Å²) in [4.78, 5) is 37.1. The molecular formula is C20H20N2O5S. The van der Waals surface area contributed by atoms with Crippen LogP contribution < -0.4 is 10.9 Å². The van der Waals surface area contributed by atoms with E-state index in [0.717, 1.165) is 0 Å². The molecule has 0 aromatic heterocycles. The normalized spacial score (nSPS) is 17.6. The fourth-order valence-electron chi connectivity index (χ4n) is 3.16. The van der Waals surface area contributed by atoms with Crippen LogP contribution in [0.5, 0.6) is 0 Å². The lowest BCUT2D eigenvalue weighted by atomic mass is 9.98. The molecule has 0 aliphatic carbocycles. The maximum absolute atomic E-state index is 12.7. The Morgan fingerprint density at radius 3 is 2.18 bits per heavy atom. The van der Waals surface area contributed by atoms with E-state index in [4.69, 9.17) is 0 Å². The predicted molar refractivity (Wildman–Crippen MR) is 103 cm³/mol. The molecule has 0 bridgehead atoms. The van der Waals surface area contributed by atoms with Crippen molar-refractivity contribution in [3.63, 3.8) is 0 Å². The molecule has 2 N–H and O–H groups in total. The van der Waals surface area contributed by atoms with Crippen molar-refractivity contribution < 1.29 is 22.8 Å². The van der Waals surface area contributed by atoms with Crippen LogP contribution in [0.2, 0.25) is 0 Å². The minimum Gasteiger partial charge on any atom is -0.289 e. The number of rotatable bonds is 5. The Balaban J connectivity index is 1.63. The lowest BCUT2D eigenvalue weighted by Crippen LogP contribution is -2.42. The Morgan fingerprint density at radius 2 is 1.54 bits per heavy atom. The number of hydrogen-bond donors (Lipinski definition) is 2. The second kappa shape index (κ2) is 8.35. The second-order valence-corrected chi connectivity index (χ2v) is 8.94. The predicted octanol–water partition coefficient (Wildman–Crippen LogP) is 1.50. The summed E-state index contributed by atoms with van der Waals surface area (Å²) < 4.78 is 22.9. The lowest BCUT2D eigenvalue weighted by Gasteiger charge is -2.12. The summed E-state index contributed by atoms with van der Waals surface area (Å²) in [6, 6.07) is 14.9. The summed E-state index contributed by atoms with van der Waals surface area (Å²) in [6.07, 6.45) is 0.461. The average molecular weight is 400 g/mol. The van der Waals surface area contributed by atoms with Gasteiger partial charge in [-0.2, -0.15) is 0 Å². The van der Waals surface area contributed by atoms with Crippen LogP contribution >= 0.6 is 0 Å². The maximum atomic E-state index is 12.7. The Morgan fingerprint density at radius 1 is 0.893 bits per heavy atom. The number of hydrazine groups is 1. The van der Waals surface area contributed by atoms with Crippen LogP contribution in [0.4, 0.5) is 0 Å². The number of hydrogen-bond acceptors (Lipinski definition) is 5. The summed E-state index contributed by atoms with van der Waals surface area (Å²) in [5.41, 5.74) is 5.41. The first-order valence-electron chi connectivity index (χ1n) is 8.84. The summed E-state index contributed by atoms with van der Waals surface area (Å²) >= 11 is 0. The molecule has 3 rings (SSSR count). The number of benzene rings is 2. The van der Waals surface area contributed by atoms with Crippen LogP contribution in [0.25, 0.3) is 0 Å². The van der Waals surface area contributed by atoms with Crippen molar-refractivity contribution in [2.75, 3.05) is 11.5 Å². The van der Waals surface area contributed by atoms with E-state index in [0.29, 0.717) is 12.0 Å². The van der Waals surface area contributed by atoms with E-state index >= 15 is 0 Å². The third kappa shape index (κ3) is 4.83. The number of amides is 2. The largest absolute Gasteiger partial charge is 0.289 e. The minimum atomic E-state index is -3.06. The fraction of sp³-hybridized carbons (Fsp3) is 0.250. The van der Waals surface area contributed by atoms with Crippen molar-refractivity contribution >= 4 is 27.4 Å². The Kier molecular flexibility index (Phi) is 5.89. The molecule has 1 aliphatic heterocycles. The summed E-state index contributed by atoms with van der Waals surface area (Å²) in [7, 11) is -3.06. The zero-order valence-electron chi connectivity index (χ0n) is 15.1. The number of ketones is 1. The van der Waals surface area contributed by atoms with Gasteiger partial charge in [-0.3, -0.25) is 25.2 Å². The molecule has 2 aromatic rings. The van der Waals surface area contributed by atoms with Gasteiger partial charge in [-0.1, -0.05) is 48.5 Å². The molecule has 1 aliphatic rings. The van der Waals surface area contributed by atoms with Crippen LogP contribution in [0, 0.1) is 5.92 Å². The molecule has 8 heteroatoms. The summed E-state index contributed by atoms with van der Waals surface area (Å²) in [5, 5.41) is 0. The molecule has 2 aromatic carbocycles. The van der Waals surface area contributed by atoms with Gasteiger partial charge in [-0.25, -0.2) is 8.42 Å². The maximum Gasteiger partial charge on any atom is 0.270 e. The van der Waals surface area contributed by atoms with E-state index in [-0.39, 0.29) is 40.8 Å². The third-order valence-electron chi connectivity index (χ3n) is 4.57. The van der Waals surface area contributed by atoms with Gasteiger partial charge in [0.2, 0.25) is 5.91 Å². The van der Waals surface area contributed by atoms with E-state index in [1.807, 2.05) is 0 Å². The van der Waals surface area contributed by atoms with Gasteiger partial charge in [0, 0.05) is 17.5 Å². The summed E-state index contributed by atoms with van der Waals surface area (Å²) in [5.74, 6) is -1.55. The Bertz CT molecular complexity index is 1000. The van der Waals surface area contributed by atoms with Crippen molar-refractivity contribution in [2.24, 2.45) is 5.92 Å². The molecule has 0 radical (unpaired) electrons. The highest BCUT2D eigenvalue weighted by Gasteiger charge is 2.29. The number of carbonyl (C=O) groups excluding carboxylic acids is 3. The standard InChI is InChI=1S/C20H20N2O5S/c23-18(12-14-10-11-28(26,27)13-14)21-22-20(25)17-9-5-4-8-16(17)19(24)15-6-2-1-3-7-15/h1-9,14H,10-13H2,(H,21,23)(H,22,25)/t14-/m0/s1. The van der Waals surface area contributed by atoms with E-state index in [2.05, 4.69) is 10.9 Å². The first kappa shape index (κ1) is 19.8. The topological polar surface area (TPSA) is 109 Å². The highest BCUT2D eigenvalue weighted by Crippen LogP contribution is 2.21. The first-order valence-corrected chi connectivity index (χ1v) is 10.7. The van der Waals surface area contributed by atoms with Crippen molar-refractivity contribution in [3.05, 3.63) is 71.3 Å². The number of sulfone groups is 1. The molecule has 7 nitrogen and oxygen atoms in total. The number of carbonyl (C=O) groups is 3. The highest BCUT2D eigenvalue weighted by atomic mass is 32.2. The molecule has 146 valence electrons. The molecular weight excluding hydrogens is 380 g/mol. The van der Waals surface area contributed by atoms with Gasteiger partial charge >= 0.3 is 0 Å². The molecule has 1 saturated heterocycles. The molecule has 1 heterocycles. The molecule has 0 spiro atoms. The van der Waals surface area contributed by atoms with E-state index < -0.39 is 21.7 Å². The van der Waals surface area contributed by atoms with Gasteiger partial charge in [0.05, 0.1) is 17.1 Å². The van der Waals surface area contributed by atoms with Gasteiger partial charge in [0.15, 0.2) is 15.6 Å². The molecule has 1 fully saturated rings. The number of nitrogens with one attached hydrogen (secondary N) is 2. The van der Waals surface area contributed by atoms with Gasteiger partial charge in [-0.15, -0.1) is 0 Å². The van der Waals surface area contributed by atoms with Gasteiger partial charge in [0.25, 0.3) is 5.91 Å². The quantitative estimate of drug-likeness (QED) is 0.584. The van der Waals surface area contributed by atoms with Crippen LogP contribution in [0.15, 0.2) is 54.6 Å². The van der Waals surface area contributed by atoms with E-state index in [9.17, 15) is 22.8 Å². The Hall–Kier alpha value is -3.00. The van der Waals surface area contributed by atoms with Crippen LogP contribution in [0.3, 0.4) is 0 Å². The first-order chi connectivity index (χ1) is 13.4. The third-order valence-corrected chi connectivity index (χ3v) is 6.41. The molecule has 0 unspecified atom stereocenters. The van der Waals surface area contributed by atoms with Gasteiger partial charge < -0.3 is 0 Å².